The van der Waals surface area contributed by atoms with E-state index in [0.29, 0.717) is 6.04 Å². The zero-order valence-corrected chi connectivity index (χ0v) is 12.0. The molecule has 1 aromatic heterocycles. The number of rotatable bonds is 3. The monoisotopic (exact) mass is 284 g/mol. The van der Waals surface area contributed by atoms with Crippen LogP contribution in [-0.4, -0.2) is 66.0 Å². The molecule has 0 radical (unpaired) electrons. The van der Waals surface area contributed by atoms with Crippen LogP contribution in [0.1, 0.15) is 10.4 Å². The van der Waals surface area contributed by atoms with Gasteiger partial charge in [-0.1, -0.05) is 18.2 Å². The van der Waals surface area contributed by atoms with Gasteiger partial charge in [-0.05, 0) is 6.07 Å². The lowest BCUT2D eigenvalue weighted by atomic mass is 10.1. The number of nitrogens with zero attached hydrogens (tertiary/aromatic N) is 2. The molecule has 3 aliphatic rings. The van der Waals surface area contributed by atoms with Gasteiger partial charge in [-0.25, -0.2) is 0 Å². The molecule has 1 unspecified atom stereocenters. The molecule has 2 bridgehead atoms. The van der Waals surface area contributed by atoms with Crippen LogP contribution in [0.4, 0.5) is 0 Å². The number of para-hydroxylation sites is 1. The normalized spacial score (nSPS) is 27.9. The smallest absolute Gasteiger partial charge is 0.253 e. The number of carbonyl (C=O) groups is 1. The van der Waals surface area contributed by atoms with Crippen LogP contribution in [0.3, 0.4) is 0 Å². The Kier molecular flexibility index (Phi) is 3.16. The lowest BCUT2D eigenvalue weighted by Gasteiger charge is -2.47. The number of piperazine rings is 3. The molecule has 0 spiro atoms. The molecule has 4 heterocycles. The molecule has 21 heavy (non-hydrogen) atoms. The summed E-state index contributed by atoms with van der Waals surface area (Å²) < 4.78 is 0. The van der Waals surface area contributed by atoms with E-state index in [1.165, 1.54) is 13.1 Å². The Morgan fingerprint density at radius 2 is 2.05 bits per heavy atom. The first kappa shape index (κ1) is 12.9. The molecule has 3 saturated heterocycles. The minimum absolute atomic E-state index is 0.0186. The van der Waals surface area contributed by atoms with Crippen molar-refractivity contribution < 1.29 is 4.79 Å². The topological polar surface area (TPSA) is 51.4 Å². The molecule has 5 heteroatoms. The van der Waals surface area contributed by atoms with Gasteiger partial charge < -0.3 is 10.3 Å². The maximum absolute atomic E-state index is 12.4. The molecule has 5 rings (SSSR count). The summed E-state index contributed by atoms with van der Waals surface area (Å²) in [7, 11) is 0. The van der Waals surface area contributed by atoms with Crippen LogP contribution in [0.25, 0.3) is 10.9 Å². The molecule has 1 amide bonds. The van der Waals surface area contributed by atoms with Crippen LogP contribution in [0.2, 0.25) is 0 Å². The summed E-state index contributed by atoms with van der Waals surface area (Å²) in [6.45, 7) is 6.42. The van der Waals surface area contributed by atoms with E-state index in [0.717, 1.165) is 42.6 Å². The second-order valence-corrected chi connectivity index (χ2v) is 5.95. The SMILES string of the molecule is O=C(NCC1CN2CCN1CC2)c1c[nH]c2ccccc12. The van der Waals surface area contributed by atoms with Gasteiger partial charge in [-0.2, -0.15) is 0 Å². The Bertz CT molecular complexity index is 657. The second kappa shape index (κ2) is 5.16. The van der Waals surface area contributed by atoms with Crippen molar-refractivity contribution in [2.75, 3.05) is 39.3 Å². The number of amides is 1. The van der Waals surface area contributed by atoms with Gasteiger partial charge in [0.1, 0.15) is 0 Å². The third-order valence-electron chi connectivity index (χ3n) is 4.72. The van der Waals surface area contributed by atoms with Crippen molar-refractivity contribution in [1.82, 2.24) is 20.1 Å². The van der Waals surface area contributed by atoms with Gasteiger partial charge >= 0.3 is 0 Å². The highest BCUT2D eigenvalue weighted by atomic mass is 16.1. The molecular formula is C16H20N4O. The van der Waals surface area contributed by atoms with Crippen LogP contribution < -0.4 is 5.32 Å². The van der Waals surface area contributed by atoms with Crippen molar-refractivity contribution in [3.63, 3.8) is 0 Å². The van der Waals surface area contributed by atoms with E-state index in [-0.39, 0.29) is 5.91 Å². The highest BCUT2D eigenvalue weighted by Crippen LogP contribution is 2.18. The summed E-state index contributed by atoms with van der Waals surface area (Å²) in [5, 5.41) is 4.09. The largest absolute Gasteiger partial charge is 0.360 e. The fourth-order valence-corrected chi connectivity index (χ4v) is 3.48. The molecule has 2 aromatic rings. The van der Waals surface area contributed by atoms with E-state index in [1.54, 1.807) is 6.20 Å². The van der Waals surface area contributed by atoms with E-state index in [2.05, 4.69) is 20.1 Å². The van der Waals surface area contributed by atoms with Crippen molar-refractivity contribution >= 4 is 16.8 Å². The number of benzene rings is 1. The van der Waals surface area contributed by atoms with Crippen LogP contribution in [0, 0.1) is 0 Å². The van der Waals surface area contributed by atoms with E-state index in [1.807, 2.05) is 24.3 Å². The zero-order chi connectivity index (χ0) is 14.2. The maximum atomic E-state index is 12.4. The van der Waals surface area contributed by atoms with Crippen LogP contribution in [0.5, 0.6) is 0 Å². The number of fused-ring (bicyclic) bond motifs is 4. The van der Waals surface area contributed by atoms with Gasteiger partial charge in [0.05, 0.1) is 5.56 Å². The summed E-state index contributed by atoms with van der Waals surface area (Å²) in [5.41, 5.74) is 1.75. The number of hydrogen-bond acceptors (Lipinski definition) is 3. The van der Waals surface area contributed by atoms with E-state index in [4.69, 9.17) is 0 Å². The Hall–Kier alpha value is -1.85. The molecule has 110 valence electrons. The van der Waals surface area contributed by atoms with Gasteiger partial charge in [0.2, 0.25) is 0 Å². The average molecular weight is 284 g/mol. The third kappa shape index (κ3) is 2.32. The van der Waals surface area contributed by atoms with Gasteiger partial charge in [-0.15, -0.1) is 0 Å². The predicted molar refractivity (Wildman–Crippen MR) is 82.4 cm³/mol. The van der Waals surface area contributed by atoms with E-state index in [9.17, 15) is 4.79 Å². The first-order chi connectivity index (χ1) is 10.3. The number of hydrogen-bond donors (Lipinski definition) is 2. The van der Waals surface area contributed by atoms with Crippen molar-refractivity contribution in [3.05, 3.63) is 36.0 Å². The van der Waals surface area contributed by atoms with Crippen molar-refractivity contribution in [3.8, 4) is 0 Å². The Balaban J connectivity index is 1.44. The predicted octanol–water partition coefficient (Wildman–Crippen LogP) is 0.898. The van der Waals surface area contributed by atoms with Gasteiger partial charge in [-0.3, -0.25) is 14.6 Å². The Labute approximate surface area is 123 Å². The van der Waals surface area contributed by atoms with Gasteiger partial charge in [0.15, 0.2) is 0 Å². The summed E-state index contributed by atoms with van der Waals surface area (Å²) in [6.07, 6.45) is 1.80. The fraction of sp³-hybridized carbons (Fsp3) is 0.438. The minimum Gasteiger partial charge on any atom is -0.360 e. The van der Waals surface area contributed by atoms with Crippen molar-refractivity contribution in [1.29, 1.82) is 0 Å². The number of aromatic nitrogens is 1. The Morgan fingerprint density at radius 1 is 1.24 bits per heavy atom. The number of aromatic amines is 1. The highest BCUT2D eigenvalue weighted by Gasteiger charge is 2.31. The van der Waals surface area contributed by atoms with Gasteiger partial charge in [0, 0.05) is 62.4 Å². The molecule has 0 aliphatic carbocycles. The minimum atomic E-state index is 0.0186. The average Bonchev–Trinajstić information content (AvgIpc) is 2.98. The van der Waals surface area contributed by atoms with E-state index >= 15 is 0 Å². The number of nitrogens with one attached hydrogen (secondary N) is 2. The maximum Gasteiger partial charge on any atom is 0.253 e. The van der Waals surface area contributed by atoms with Gasteiger partial charge in [0.25, 0.3) is 5.91 Å². The zero-order valence-electron chi connectivity index (χ0n) is 12.0. The first-order valence-corrected chi connectivity index (χ1v) is 7.62. The standard InChI is InChI=1S/C16H20N4O/c21-16(14-10-17-15-4-2-1-3-13(14)15)18-9-12-11-19-5-7-20(12)8-6-19/h1-4,10,12,17H,5-9,11H2,(H,18,21). The fourth-order valence-electron chi connectivity index (χ4n) is 3.48. The summed E-state index contributed by atoms with van der Waals surface area (Å²) in [4.78, 5) is 20.5. The lowest BCUT2D eigenvalue weighted by Crippen LogP contribution is -2.63. The third-order valence-corrected chi connectivity index (χ3v) is 4.72. The molecule has 1 atom stereocenters. The molecule has 3 aliphatic heterocycles. The molecule has 3 fully saturated rings. The number of carbonyl (C=O) groups excluding carboxylic acids is 1. The molecule has 2 N–H and O–H groups in total. The summed E-state index contributed by atoms with van der Waals surface area (Å²) >= 11 is 0. The van der Waals surface area contributed by atoms with Crippen LogP contribution in [-0.2, 0) is 0 Å². The Morgan fingerprint density at radius 3 is 2.81 bits per heavy atom. The van der Waals surface area contributed by atoms with Crippen molar-refractivity contribution in [2.45, 2.75) is 6.04 Å². The van der Waals surface area contributed by atoms with Crippen molar-refractivity contribution in [2.24, 2.45) is 0 Å². The summed E-state index contributed by atoms with van der Waals surface area (Å²) in [6, 6.07) is 8.37. The van der Waals surface area contributed by atoms with Crippen LogP contribution in [0.15, 0.2) is 30.5 Å². The molecule has 0 saturated carbocycles. The summed E-state index contributed by atoms with van der Waals surface area (Å²) in [5.74, 6) is 0.0186. The quantitative estimate of drug-likeness (QED) is 0.880. The first-order valence-electron chi connectivity index (χ1n) is 7.62. The molecular weight excluding hydrogens is 264 g/mol. The molecule has 5 nitrogen and oxygen atoms in total. The lowest BCUT2D eigenvalue weighted by molar-refractivity contribution is 0.0138. The second-order valence-electron chi connectivity index (χ2n) is 5.95. The van der Waals surface area contributed by atoms with E-state index < -0.39 is 0 Å². The van der Waals surface area contributed by atoms with Crippen LogP contribution >= 0.6 is 0 Å². The number of H-pyrrole nitrogens is 1. The highest BCUT2D eigenvalue weighted by molar-refractivity contribution is 6.06. The molecule has 1 aromatic carbocycles.